The Morgan fingerprint density at radius 3 is 2.66 bits per heavy atom. The van der Waals surface area contributed by atoms with Crippen LogP contribution >= 0.6 is 11.8 Å². The zero-order chi connectivity index (χ0) is 20.4. The number of hydrogen-bond donors (Lipinski definition) is 1. The van der Waals surface area contributed by atoms with Crippen LogP contribution in [-0.4, -0.2) is 31.5 Å². The lowest BCUT2D eigenvalue weighted by atomic mass is 10.1. The van der Waals surface area contributed by atoms with E-state index in [1.165, 1.54) is 23.9 Å². The molecule has 8 heteroatoms. The van der Waals surface area contributed by atoms with Crippen molar-refractivity contribution in [3.8, 4) is 11.3 Å². The van der Waals surface area contributed by atoms with E-state index in [9.17, 15) is 9.18 Å². The molecule has 0 fully saturated rings. The Bertz CT molecular complexity index is 1190. The van der Waals surface area contributed by atoms with Crippen LogP contribution in [0.1, 0.15) is 11.1 Å². The summed E-state index contributed by atoms with van der Waals surface area (Å²) < 4.78 is 14.8. The Labute approximate surface area is 171 Å². The third kappa shape index (κ3) is 4.12. The number of fused-ring (bicyclic) bond motifs is 1. The first kappa shape index (κ1) is 19.1. The van der Waals surface area contributed by atoms with Gasteiger partial charge >= 0.3 is 0 Å². The van der Waals surface area contributed by atoms with Crippen LogP contribution in [0.4, 0.5) is 10.1 Å². The number of anilines is 1. The third-order valence-corrected chi connectivity index (χ3v) is 5.50. The van der Waals surface area contributed by atoms with Crippen LogP contribution in [0.3, 0.4) is 0 Å². The number of hydrogen-bond acceptors (Lipinski definition) is 5. The molecular weight excluding hydrogens is 389 g/mol. The third-order valence-electron chi connectivity index (χ3n) is 4.59. The van der Waals surface area contributed by atoms with Crippen molar-refractivity contribution in [2.75, 3.05) is 11.1 Å². The molecule has 2 aromatic carbocycles. The largest absolute Gasteiger partial charge is 0.325 e. The summed E-state index contributed by atoms with van der Waals surface area (Å²) >= 11 is 1.26. The first-order valence-electron chi connectivity index (χ1n) is 8.98. The van der Waals surface area contributed by atoms with Gasteiger partial charge < -0.3 is 5.32 Å². The van der Waals surface area contributed by atoms with E-state index in [4.69, 9.17) is 0 Å². The topological polar surface area (TPSA) is 72.2 Å². The monoisotopic (exact) mass is 407 g/mol. The second-order valence-corrected chi connectivity index (χ2v) is 7.50. The highest BCUT2D eigenvalue weighted by molar-refractivity contribution is 7.99. The van der Waals surface area contributed by atoms with Crippen molar-refractivity contribution in [2.45, 2.75) is 19.0 Å². The van der Waals surface area contributed by atoms with E-state index in [0.29, 0.717) is 16.5 Å². The van der Waals surface area contributed by atoms with E-state index in [2.05, 4.69) is 20.6 Å². The van der Waals surface area contributed by atoms with Gasteiger partial charge in [-0.25, -0.2) is 4.39 Å². The molecule has 0 bridgehead atoms. The minimum absolute atomic E-state index is 0.130. The predicted molar refractivity (Wildman–Crippen MR) is 111 cm³/mol. The van der Waals surface area contributed by atoms with Gasteiger partial charge in [-0.2, -0.15) is 9.61 Å². The van der Waals surface area contributed by atoms with E-state index in [0.717, 1.165) is 22.4 Å². The zero-order valence-electron chi connectivity index (χ0n) is 15.9. The molecule has 2 heterocycles. The SMILES string of the molecule is Cc1cccc(NC(=O)CSc2nnc3ccc(-c4ccc(F)cc4)nn23)c1C. The van der Waals surface area contributed by atoms with Gasteiger partial charge in [-0.15, -0.1) is 10.2 Å². The molecule has 0 aliphatic heterocycles. The maximum Gasteiger partial charge on any atom is 0.234 e. The lowest BCUT2D eigenvalue weighted by molar-refractivity contribution is -0.113. The standard InChI is InChI=1S/C21H18FN5OS/c1-13-4-3-5-17(14(13)2)23-20(28)12-29-21-25-24-19-11-10-18(26-27(19)21)15-6-8-16(22)9-7-15/h3-11H,12H2,1-2H3,(H,23,28). The molecule has 0 spiro atoms. The molecule has 29 heavy (non-hydrogen) atoms. The number of benzene rings is 2. The number of nitrogens with one attached hydrogen (secondary N) is 1. The number of aromatic nitrogens is 4. The number of carbonyl (C=O) groups excluding carboxylic acids is 1. The van der Waals surface area contributed by atoms with Gasteiger partial charge in [0, 0.05) is 11.3 Å². The molecule has 0 saturated carbocycles. The molecule has 4 aromatic rings. The summed E-state index contributed by atoms with van der Waals surface area (Å²) in [5.74, 6) is -0.253. The molecule has 0 atom stereocenters. The summed E-state index contributed by atoms with van der Waals surface area (Å²) in [6.45, 7) is 3.98. The smallest absolute Gasteiger partial charge is 0.234 e. The lowest BCUT2D eigenvalue weighted by Gasteiger charge is -2.09. The lowest BCUT2D eigenvalue weighted by Crippen LogP contribution is -2.15. The highest BCUT2D eigenvalue weighted by atomic mass is 32.2. The molecule has 146 valence electrons. The Balaban J connectivity index is 1.50. The van der Waals surface area contributed by atoms with E-state index in [1.54, 1.807) is 28.8 Å². The van der Waals surface area contributed by atoms with Crippen LogP contribution in [0, 0.1) is 19.7 Å². The van der Waals surface area contributed by atoms with Gasteiger partial charge in [0.25, 0.3) is 0 Å². The van der Waals surface area contributed by atoms with Crippen molar-refractivity contribution in [1.82, 2.24) is 19.8 Å². The summed E-state index contributed by atoms with van der Waals surface area (Å²) in [4.78, 5) is 12.4. The summed E-state index contributed by atoms with van der Waals surface area (Å²) in [5, 5.41) is 16.2. The molecule has 2 aromatic heterocycles. The minimum Gasteiger partial charge on any atom is -0.325 e. The van der Waals surface area contributed by atoms with Gasteiger partial charge in [0.15, 0.2) is 5.65 Å². The van der Waals surface area contributed by atoms with E-state index < -0.39 is 0 Å². The van der Waals surface area contributed by atoms with Crippen molar-refractivity contribution in [3.63, 3.8) is 0 Å². The zero-order valence-corrected chi connectivity index (χ0v) is 16.7. The summed E-state index contributed by atoms with van der Waals surface area (Å²) in [6, 6.07) is 15.5. The van der Waals surface area contributed by atoms with Gasteiger partial charge in [0.2, 0.25) is 11.1 Å². The maximum absolute atomic E-state index is 13.2. The first-order chi connectivity index (χ1) is 14.0. The van der Waals surface area contributed by atoms with Crippen molar-refractivity contribution < 1.29 is 9.18 Å². The highest BCUT2D eigenvalue weighted by Crippen LogP contribution is 2.22. The van der Waals surface area contributed by atoms with Crippen LogP contribution in [0.25, 0.3) is 16.9 Å². The van der Waals surface area contributed by atoms with E-state index in [-0.39, 0.29) is 17.5 Å². The summed E-state index contributed by atoms with van der Waals surface area (Å²) in [7, 11) is 0. The number of carbonyl (C=O) groups is 1. The van der Waals surface area contributed by atoms with Gasteiger partial charge in [0.1, 0.15) is 5.82 Å². The van der Waals surface area contributed by atoms with Gasteiger partial charge in [-0.05, 0) is 67.4 Å². The maximum atomic E-state index is 13.2. The molecule has 0 saturated heterocycles. The molecule has 0 radical (unpaired) electrons. The number of halogens is 1. The van der Waals surface area contributed by atoms with Crippen LogP contribution in [0.5, 0.6) is 0 Å². The number of amides is 1. The van der Waals surface area contributed by atoms with Gasteiger partial charge in [-0.3, -0.25) is 4.79 Å². The Hall–Kier alpha value is -3.26. The van der Waals surface area contributed by atoms with E-state index >= 15 is 0 Å². The number of rotatable bonds is 5. The second kappa shape index (κ2) is 8.00. The van der Waals surface area contributed by atoms with Crippen LogP contribution in [0.2, 0.25) is 0 Å². The average molecular weight is 407 g/mol. The number of aryl methyl sites for hydroxylation is 1. The number of nitrogens with zero attached hydrogens (tertiary/aromatic N) is 4. The molecule has 0 aliphatic carbocycles. The Morgan fingerprint density at radius 1 is 1.07 bits per heavy atom. The van der Waals surface area contributed by atoms with Crippen LogP contribution in [-0.2, 0) is 4.79 Å². The van der Waals surface area contributed by atoms with Crippen molar-refractivity contribution >= 4 is 29.0 Å². The number of thioether (sulfide) groups is 1. The minimum atomic E-state index is -0.301. The van der Waals surface area contributed by atoms with E-state index in [1.807, 2.05) is 32.0 Å². The molecule has 4 rings (SSSR count). The second-order valence-electron chi connectivity index (χ2n) is 6.56. The molecule has 6 nitrogen and oxygen atoms in total. The van der Waals surface area contributed by atoms with Gasteiger partial charge in [0.05, 0.1) is 11.4 Å². The first-order valence-corrected chi connectivity index (χ1v) is 9.97. The Kier molecular flexibility index (Phi) is 5.26. The summed E-state index contributed by atoms with van der Waals surface area (Å²) in [5.41, 5.74) is 5.00. The Morgan fingerprint density at radius 2 is 1.86 bits per heavy atom. The molecule has 0 aliphatic rings. The fraction of sp³-hybridized carbons (Fsp3) is 0.143. The molecule has 1 N–H and O–H groups in total. The van der Waals surface area contributed by atoms with Crippen LogP contribution in [0.15, 0.2) is 59.8 Å². The van der Waals surface area contributed by atoms with Crippen molar-refractivity contribution in [1.29, 1.82) is 0 Å². The average Bonchev–Trinajstić information content (AvgIpc) is 3.13. The fourth-order valence-corrected chi connectivity index (χ4v) is 3.52. The van der Waals surface area contributed by atoms with Crippen molar-refractivity contribution in [2.24, 2.45) is 0 Å². The highest BCUT2D eigenvalue weighted by Gasteiger charge is 2.13. The van der Waals surface area contributed by atoms with Crippen LogP contribution < -0.4 is 5.32 Å². The fourth-order valence-electron chi connectivity index (χ4n) is 2.84. The predicted octanol–water partition coefficient (Wildman–Crippen LogP) is 4.28. The summed E-state index contributed by atoms with van der Waals surface area (Å²) in [6.07, 6.45) is 0. The normalized spacial score (nSPS) is 11.0. The molecular formula is C21H18FN5OS. The van der Waals surface area contributed by atoms with Gasteiger partial charge in [-0.1, -0.05) is 23.9 Å². The molecule has 0 unspecified atom stereocenters. The molecule has 1 amide bonds. The quantitative estimate of drug-likeness (QED) is 0.500. The van der Waals surface area contributed by atoms with Crippen molar-refractivity contribution in [3.05, 3.63) is 71.5 Å².